The van der Waals surface area contributed by atoms with E-state index in [0.29, 0.717) is 59.8 Å². The Morgan fingerprint density at radius 2 is 1.82 bits per heavy atom. The molecular weight excluding hydrogens is 562 g/mol. The van der Waals surface area contributed by atoms with E-state index in [1.54, 1.807) is 9.42 Å². The number of hydrogen-bond acceptors (Lipinski definition) is 4. The van der Waals surface area contributed by atoms with Gasteiger partial charge >= 0.3 is 6.09 Å². The van der Waals surface area contributed by atoms with E-state index in [1.807, 2.05) is 13.8 Å². The molecular formula is C37H53N5O3. The molecule has 45 heavy (non-hydrogen) atoms. The highest BCUT2D eigenvalue weighted by molar-refractivity contribution is 5.80. The van der Waals surface area contributed by atoms with Gasteiger partial charge in [0.25, 0.3) is 5.69 Å². The van der Waals surface area contributed by atoms with Gasteiger partial charge < -0.3 is 14.4 Å². The van der Waals surface area contributed by atoms with Crippen LogP contribution in [0.1, 0.15) is 91.3 Å². The van der Waals surface area contributed by atoms with E-state index in [-0.39, 0.29) is 23.5 Å². The Balaban J connectivity index is 1.63. The first-order chi connectivity index (χ1) is 21.2. The van der Waals surface area contributed by atoms with Gasteiger partial charge in [-0.25, -0.2) is 19.1 Å². The number of rotatable bonds is 6. The lowest BCUT2D eigenvalue weighted by Gasteiger charge is -2.48. The van der Waals surface area contributed by atoms with Crippen molar-refractivity contribution in [1.82, 2.24) is 19.5 Å². The first kappa shape index (κ1) is 33.1. The average molecular weight is 616 g/mol. The summed E-state index contributed by atoms with van der Waals surface area (Å²) in [5.41, 5.74) is 5.42. The maximum absolute atomic E-state index is 13.6. The minimum absolute atomic E-state index is 0.0889. The molecule has 1 amide bonds. The van der Waals surface area contributed by atoms with E-state index in [2.05, 4.69) is 83.5 Å². The van der Waals surface area contributed by atoms with Gasteiger partial charge in [-0.1, -0.05) is 53.7 Å². The fourth-order valence-electron chi connectivity index (χ4n) is 8.06. The van der Waals surface area contributed by atoms with E-state index >= 15 is 0 Å². The lowest BCUT2D eigenvalue weighted by atomic mass is 9.57. The number of H-pyrrole nitrogens is 1. The normalized spacial score (nSPS) is 26.0. The van der Waals surface area contributed by atoms with Crippen LogP contribution < -0.4 is 4.74 Å². The zero-order valence-corrected chi connectivity index (χ0v) is 29.0. The number of benzene rings is 1. The molecule has 1 saturated heterocycles. The summed E-state index contributed by atoms with van der Waals surface area (Å²) in [7, 11) is 0. The van der Waals surface area contributed by atoms with Gasteiger partial charge in [-0.15, -0.1) is 0 Å². The standard InChI is InChI=1S/C37H53N5O3/c1-21(2)14-28-15-22(3)16-31(37(8,9)10)29(28)18-30-32(38-11)35(45-36(43)41-19-25(6)44-26(7)20-41)42-34(30)39-33(40-42)27-13-12-23(4)24(5)17-27/h12-13,17,21-22,25-26,28-29,31H,14-16,18-20H2,1-10H3,(H,39,40). The van der Waals surface area contributed by atoms with Gasteiger partial charge in [-0.05, 0) is 106 Å². The molecule has 244 valence electrons. The van der Waals surface area contributed by atoms with Crippen LogP contribution in [0, 0.1) is 55.4 Å². The van der Waals surface area contributed by atoms with Crippen molar-refractivity contribution < 1.29 is 14.3 Å². The van der Waals surface area contributed by atoms with Gasteiger partial charge in [0.15, 0.2) is 5.82 Å². The van der Waals surface area contributed by atoms with Crippen LogP contribution >= 0.6 is 0 Å². The average Bonchev–Trinajstić information content (AvgIpc) is 3.48. The van der Waals surface area contributed by atoms with E-state index in [4.69, 9.17) is 21.0 Å². The molecule has 3 aromatic rings. The second-order valence-corrected chi connectivity index (χ2v) is 15.6. The summed E-state index contributed by atoms with van der Waals surface area (Å²) in [6, 6.07) is 6.29. The smallest absolute Gasteiger partial charge is 0.402 e. The first-order valence-electron chi connectivity index (χ1n) is 16.9. The fourth-order valence-corrected chi connectivity index (χ4v) is 8.06. The zero-order valence-electron chi connectivity index (χ0n) is 29.0. The summed E-state index contributed by atoms with van der Waals surface area (Å²) in [6.07, 6.45) is 3.62. The number of ether oxygens (including phenoxy) is 2. The van der Waals surface area contributed by atoms with Crippen LogP contribution in [0.15, 0.2) is 18.2 Å². The van der Waals surface area contributed by atoms with Crippen molar-refractivity contribution in [1.29, 1.82) is 0 Å². The SMILES string of the molecule is [C-]#[N+]c1c(CC2C(CC(C)C)CC(C)CC2C(C)(C)C)c2nc(-c3ccc(C)c(C)c3)[nH]n2c1OC(=O)N1CC(C)OC(C)C1. The second-order valence-electron chi connectivity index (χ2n) is 15.6. The molecule has 6 unspecified atom stereocenters. The Bertz CT molecular complexity index is 1560. The number of nitrogens with zero attached hydrogens (tertiary/aromatic N) is 4. The third kappa shape index (κ3) is 6.94. The predicted molar refractivity (Wildman–Crippen MR) is 180 cm³/mol. The van der Waals surface area contributed by atoms with Gasteiger partial charge in [0.2, 0.25) is 5.88 Å². The molecule has 0 spiro atoms. The summed E-state index contributed by atoms with van der Waals surface area (Å²) in [6.45, 7) is 31.5. The van der Waals surface area contributed by atoms with Gasteiger partial charge in [-0.3, -0.25) is 5.10 Å². The highest BCUT2D eigenvalue weighted by atomic mass is 16.6. The number of carbonyl (C=O) groups is 1. The summed E-state index contributed by atoms with van der Waals surface area (Å²) in [5, 5.41) is 3.42. The van der Waals surface area contributed by atoms with Crippen molar-refractivity contribution in [2.75, 3.05) is 13.1 Å². The minimum Gasteiger partial charge on any atom is -0.402 e. The number of aromatic nitrogens is 3. The van der Waals surface area contributed by atoms with Crippen LogP contribution in [0.25, 0.3) is 21.9 Å². The van der Waals surface area contributed by atoms with Crippen LogP contribution in [0.2, 0.25) is 0 Å². The van der Waals surface area contributed by atoms with E-state index < -0.39 is 6.09 Å². The number of amides is 1. The lowest BCUT2D eigenvalue weighted by Crippen LogP contribution is -2.49. The molecule has 2 aromatic heterocycles. The molecule has 1 aliphatic heterocycles. The number of aromatic amines is 1. The third-order valence-electron chi connectivity index (χ3n) is 10.2. The van der Waals surface area contributed by atoms with E-state index in [9.17, 15) is 4.79 Å². The maximum Gasteiger partial charge on any atom is 0.415 e. The molecule has 8 nitrogen and oxygen atoms in total. The first-order valence-corrected chi connectivity index (χ1v) is 16.9. The zero-order chi connectivity index (χ0) is 32.8. The van der Waals surface area contributed by atoms with Gasteiger partial charge in [0.05, 0.1) is 31.9 Å². The Labute approximate surface area is 269 Å². The molecule has 1 N–H and O–H groups in total. The molecule has 5 rings (SSSR count). The highest BCUT2D eigenvalue weighted by Crippen LogP contribution is 2.51. The molecule has 1 aliphatic carbocycles. The van der Waals surface area contributed by atoms with Crippen LogP contribution in [0.4, 0.5) is 10.5 Å². The van der Waals surface area contributed by atoms with Gasteiger partial charge in [0.1, 0.15) is 5.65 Å². The number of hydrogen-bond donors (Lipinski definition) is 1. The van der Waals surface area contributed by atoms with E-state index in [1.165, 1.54) is 24.0 Å². The quantitative estimate of drug-likeness (QED) is 0.281. The predicted octanol–water partition coefficient (Wildman–Crippen LogP) is 9.02. The van der Waals surface area contributed by atoms with Crippen LogP contribution in [0.5, 0.6) is 5.88 Å². The Morgan fingerprint density at radius 1 is 1.13 bits per heavy atom. The summed E-state index contributed by atoms with van der Waals surface area (Å²) in [4.78, 5) is 24.5. The molecule has 1 aromatic carbocycles. The monoisotopic (exact) mass is 615 g/mol. The molecule has 2 fully saturated rings. The van der Waals surface area contributed by atoms with Crippen molar-refractivity contribution in [2.24, 2.45) is 35.0 Å². The Hall–Kier alpha value is -3.31. The number of fused-ring (bicyclic) bond motifs is 1. The largest absolute Gasteiger partial charge is 0.415 e. The van der Waals surface area contributed by atoms with Crippen molar-refractivity contribution in [3.63, 3.8) is 0 Å². The van der Waals surface area contributed by atoms with Crippen LogP contribution in [-0.4, -0.2) is 50.9 Å². The fraction of sp³-hybridized carbons (Fsp3) is 0.649. The minimum atomic E-state index is -0.466. The molecule has 8 heteroatoms. The van der Waals surface area contributed by atoms with Crippen molar-refractivity contribution in [3.05, 3.63) is 46.3 Å². The van der Waals surface area contributed by atoms with Crippen LogP contribution in [0.3, 0.4) is 0 Å². The summed E-state index contributed by atoms with van der Waals surface area (Å²) in [5.74, 6) is 3.62. The summed E-state index contributed by atoms with van der Waals surface area (Å²) < 4.78 is 13.8. The molecule has 3 heterocycles. The topological polar surface area (TPSA) is 76.2 Å². The van der Waals surface area contributed by atoms with Crippen molar-refractivity contribution in [2.45, 2.75) is 107 Å². The van der Waals surface area contributed by atoms with Gasteiger partial charge in [-0.2, -0.15) is 0 Å². The molecule has 1 saturated carbocycles. The molecule has 6 atom stereocenters. The number of morpholine rings is 1. The van der Waals surface area contributed by atoms with Gasteiger partial charge in [0, 0.05) is 11.1 Å². The summed E-state index contributed by atoms with van der Waals surface area (Å²) >= 11 is 0. The lowest BCUT2D eigenvalue weighted by molar-refractivity contribution is -0.0594. The number of carbonyl (C=O) groups excluding carboxylic acids is 1. The third-order valence-corrected chi connectivity index (χ3v) is 10.2. The molecule has 0 radical (unpaired) electrons. The molecule has 2 aliphatic rings. The second kappa shape index (κ2) is 12.8. The van der Waals surface area contributed by atoms with Crippen molar-refractivity contribution >= 4 is 17.4 Å². The Morgan fingerprint density at radius 3 is 2.42 bits per heavy atom. The van der Waals surface area contributed by atoms with Crippen LogP contribution in [-0.2, 0) is 11.2 Å². The van der Waals surface area contributed by atoms with Crippen molar-refractivity contribution in [3.8, 4) is 17.3 Å². The number of aryl methyl sites for hydroxylation is 2. The highest BCUT2D eigenvalue weighted by Gasteiger charge is 2.43. The number of nitrogens with one attached hydrogen (secondary N) is 1. The maximum atomic E-state index is 13.6. The Kier molecular flexibility index (Phi) is 9.43. The van der Waals surface area contributed by atoms with E-state index in [0.717, 1.165) is 24.0 Å². The molecule has 0 bridgehead atoms.